The van der Waals surface area contributed by atoms with Crippen molar-refractivity contribution in [1.82, 2.24) is 24.8 Å². The van der Waals surface area contributed by atoms with Crippen molar-refractivity contribution in [3.8, 4) is 0 Å². The van der Waals surface area contributed by atoms with E-state index in [1.807, 2.05) is 0 Å². The van der Waals surface area contributed by atoms with Crippen LogP contribution >= 0.6 is 0 Å². The number of halogens is 2. The molecule has 10 heteroatoms. The van der Waals surface area contributed by atoms with Gasteiger partial charge in [0.05, 0.1) is 35.0 Å². The second-order valence-corrected chi connectivity index (χ2v) is 7.47. The van der Waals surface area contributed by atoms with Gasteiger partial charge in [0.2, 0.25) is 5.91 Å². The van der Waals surface area contributed by atoms with Gasteiger partial charge in [-0.05, 0) is 25.3 Å². The molecule has 2 N–H and O–H groups in total. The first-order valence-corrected chi connectivity index (χ1v) is 9.55. The predicted octanol–water partition coefficient (Wildman–Crippen LogP) is 1.98. The number of amides is 1. The van der Waals surface area contributed by atoms with E-state index in [4.69, 9.17) is 0 Å². The van der Waals surface area contributed by atoms with Crippen molar-refractivity contribution in [3.05, 3.63) is 68.9 Å². The molecular formula is C20H19F2N5O3. The molecule has 4 rings (SSSR count). The molecule has 0 aliphatic heterocycles. The summed E-state index contributed by atoms with van der Waals surface area (Å²) in [5.41, 5.74) is -1.18. The van der Waals surface area contributed by atoms with Gasteiger partial charge in [-0.15, -0.1) is 0 Å². The second-order valence-electron chi connectivity index (χ2n) is 7.47. The van der Waals surface area contributed by atoms with Gasteiger partial charge in [-0.25, -0.2) is 18.1 Å². The van der Waals surface area contributed by atoms with Crippen LogP contribution in [0.3, 0.4) is 0 Å². The molecule has 3 aromatic rings. The third-order valence-corrected chi connectivity index (χ3v) is 5.20. The fourth-order valence-corrected chi connectivity index (χ4v) is 3.48. The highest BCUT2D eigenvalue weighted by Gasteiger charge is 2.33. The van der Waals surface area contributed by atoms with E-state index in [1.54, 1.807) is 0 Å². The van der Waals surface area contributed by atoms with Crippen molar-refractivity contribution in [2.24, 2.45) is 5.92 Å². The lowest BCUT2D eigenvalue weighted by atomic mass is 10.1. The maximum absolute atomic E-state index is 14.0. The van der Waals surface area contributed by atoms with Crippen molar-refractivity contribution >= 4 is 16.8 Å². The van der Waals surface area contributed by atoms with E-state index < -0.39 is 40.9 Å². The Labute approximate surface area is 169 Å². The van der Waals surface area contributed by atoms with E-state index in [0.29, 0.717) is 12.5 Å². The molecule has 3 aromatic heterocycles. The second kappa shape index (κ2) is 7.77. The molecule has 0 spiro atoms. The number of carbonyl (C=O) groups excluding carboxylic acids is 1. The van der Waals surface area contributed by atoms with Gasteiger partial charge in [0.1, 0.15) is 17.7 Å². The number of carbonyl (C=O) groups is 1. The van der Waals surface area contributed by atoms with Crippen LogP contribution in [-0.2, 0) is 4.79 Å². The lowest BCUT2D eigenvalue weighted by Crippen LogP contribution is -2.45. The van der Waals surface area contributed by atoms with Crippen LogP contribution < -0.4 is 16.6 Å². The minimum atomic E-state index is -1.07. The summed E-state index contributed by atoms with van der Waals surface area (Å²) in [6, 6.07) is 0.187. The number of nitrogens with zero attached hydrogens (tertiary/aromatic N) is 3. The molecule has 0 unspecified atom stereocenters. The normalized spacial score (nSPS) is 15.7. The van der Waals surface area contributed by atoms with E-state index >= 15 is 0 Å². The number of fused-ring (bicyclic) bond motifs is 1. The molecular weight excluding hydrogens is 396 g/mol. The van der Waals surface area contributed by atoms with Crippen LogP contribution in [0.4, 0.5) is 8.78 Å². The van der Waals surface area contributed by atoms with Crippen LogP contribution in [0.15, 0.2) is 40.3 Å². The van der Waals surface area contributed by atoms with Crippen LogP contribution in [0.1, 0.15) is 44.0 Å². The maximum Gasteiger partial charge on any atom is 0.329 e. The topological polar surface area (TPSA) is 110 Å². The predicted molar refractivity (Wildman–Crippen MR) is 104 cm³/mol. The summed E-state index contributed by atoms with van der Waals surface area (Å²) in [4.78, 5) is 48.8. The fraction of sp³-hybridized carbons (Fsp3) is 0.350. The summed E-state index contributed by atoms with van der Waals surface area (Å²) < 4.78 is 28.0. The van der Waals surface area contributed by atoms with Crippen LogP contribution in [0.25, 0.3) is 10.9 Å². The number of H-pyrrole nitrogens is 1. The Morgan fingerprint density at radius 3 is 2.80 bits per heavy atom. The highest BCUT2D eigenvalue weighted by Crippen LogP contribution is 2.36. The molecule has 30 heavy (non-hydrogen) atoms. The van der Waals surface area contributed by atoms with E-state index in [1.165, 1.54) is 25.4 Å². The molecule has 3 heterocycles. The van der Waals surface area contributed by atoms with E-state index in [2.05, 4.69) is 20.3 Å². The molecule has 2 atom stereocenters. The molecule has 1 aliphatic carbocycles. The van der Waals surface area contributed by atoms with Crippen LogP contribution in [0.2, 0.25) is 0 Å². The van der Waals surface area contributed by atoms with Gasteiger partial charge in [0, 0.05) is 12.3 Å². The summed E-state index contributed by atoms with van der Waals surface area (Å²) in [7, 11) is 0. The van der Waals surface area contributed by atoms with Crippen LogP contribution in [-0.4, -0.2) is 25.4 Å². The molecule has 0 bridgehead atoms. The van der Waals surface area contributed by atoms with Gasteiger partial charge in [0.25, 0.3) is 5.56 Å². The molecule has 1 fully saturated rings. The van der Waals surface area contributed by atoms with Crippen LogP contribution in [0.5, 0.6) is 0 Å². The quantitative estimate of drug-likeness (QED) is 0.640. The number of hydrogen-bond acceptors (Lipinski definition) is 5. The maximum atomic E-state index is 14.0. The number of nitrogens with one attached hydrogen (secondary N) is 2. The number of pyridine rings is 2. The molecule has 0 aromatic carbocycles. The molecule has 8 nitrogen and oxygen atoms in total. The number of aromatic amines is 1. The lowest BCUT2D eigenvalue weighted by Gasteiger charge is -2.21. The Morgan fingerprint density at radius 2 is 2.10 bits per heavy atom. The SMILES string of the molecule is C[C@@H](NC(=O)[C@H](CC1CC1)n1c(=O)[nH]c2cnccc2c1=O)c1ncc(F)cc1F. The van der Waals surface area contributed by atoms with Gasteiger partial charge >= 0.3 is 5.69 Å². The average Bonchev–Trinajstić information content (AvgIpc) is 3.51. The minimum Gasteiger partial charge on any atom is -0.346 e. The van der Waals surface area contributed by atoms with Crippen molar-refractivity contribution < 1.29 is 13.6 Å². The number of aromatic nitrogens is 4. The van der Waals surface area contributed by atoms with Crippen LogP contribution in [0, 0.1) is 17.6 Å². The first-order chi connectivity index (χ1) is 14.3. The van der Waals surface area contributed by atoms with Gasteiger partial charge in [-0.2, -0.15) is 0 Å². The van der Waals surface area contributed by atoms with E-state index in [-0.39, 0.29) is 22.5 Å². The number of hydrogen-bond donors (Lipinski definition) is 2. The number of rotatable bonds is 6. The van der Waals surface area contributed by atoms with Crippen molar-refractivity contribution in [2.45, 2.75) is 38.3 Å². The Morgan fingerprint density at radius 1 is 1.33 bits per heavy atom. The zero-order valence-electron chi connectivity index (χ0n) is 16.1. The Balaban J connectivity index is 1.69. The van der Waals surface area contributed by atoms with Gasteiger partial charge in [-0.3, -0.25) is 19.6 Å². The van der Waals surface area contributed by atoms with Crippen molar-refractivity contribution in [1.29, 1.82) is 0 Å². The van der Waals surface area contributed by atoms with E-state index in [0.717, 1.165) is 23.6 Å². The summed E-state index contributed by atoms with van der Waals surface area (Å²) in [6.45, 7) is 1.49. The average molecular weight is 415 g/mol. The first kappa shape index (κ1) is 19.9. The van der Waals surface area contributed by atoms with Gasteiger partial charge in [-0.1, -0.05) is 12.8 Å². The minimum absolute atomic E-state index is 0.138. The lowest BCUT2D eigenvalue weighted by molar-refractivity contribution is -0.125. The molecule has 0 radical (unpaired) electrons. The molecule has 156 valence electrons. The standard InChI is InChI=1S/C20H19F2N5O3/c1-10(17-14(22)7-12(21)8-24-17)25-18(28)16(6-11-2-3-11)27-19(29)13-4-5-23-9-15(13)26-20(27)30/h4-5,7-11,16H,2-3,6H2,1H3,(H,25,28)(H,26,30)/t10-,16+/m1/s1. The van der Waals surface area contributed by atoms with Gasteiger partial charge < -0.3 is 10.3 Å². The summed E-state index contributed by atoms with van der Waals surface area (Å²) in [5, 5.41) is 2.84. The summed E-state index contributed by atoms with van der Waals surface area (Å²) in [5.74, 6) is -2.11. The molecule has 1 saturated carbocycles. The van der Waals surface area contributed by atoms with E-state index in [9.17, 15) is 23.2 Å². The third kappa shape index (κ3) is 3.85. The zero-order chi connectivity index (χ0) is 21.4. The molecule has 1 aliphatic rings. The zero-order valence-corrected chi connectivity index (χ0v) is 16.1. The molecule has 0 saturated heterocycles. The summed E-state index contributed by atoms with van der Waals surface area (Å²) in [6.07, 6.45) is 5.75. The Kier molecular flexibility index (Phi) is 5.15. The smallest absolute Gasteiger partial charge is 0.329 e. The largest absolute Gasteiger partial charge is 0.346 e. The highest BCUT2D eigenvalue weighted by molar-refractivity contribution is 5.82. The Hall–Kier alpha value is -3.43. The summed E-state index contributed by atoms with van der Waals surface area (Å²) >= 11 is 0. The van der Waals surface area contributed by atoms with Crippen molar-refractivity contribution in [2.75, 3.05) is 0 Å². The monoisotopic (exact) mass is 415 g/mol. The highest BCUT2D eigenvalue weighted by atomic mass is 19.1. The molecule has 1 amide bonds. The third-order valence-electron chi connectivity index (χ3n) is 5.20. The first-order valence-electron chi connectivity index (χ1n) is 9.55. The Bertz CT molecular complexity index is 1240. The fourth-order valence-electron chi connectivity index (χ4n) is 3.48. The van der Waals surface area contributed by atoms with Crippen molar-refractivity contribution in [3.63, 3.8) is 0 Å². The van der Waals surface area contributed by atoms with Gasteiger partial charge in [0.15, 0.2) is 0 Å².